The Bertz CT molecular complexity index is 3930. The number of benzene rings is 11. The van der Waals surface area contributed by atoms with Gasteiger partial charge in [-0.05, 0) is 147 Å². The van der Waals surface area contributed by atoms with Crippen LogP contribution in [0.2, 0.25) is 0 Å². The molecule has 11 aromatic rings. The van der Waals surface area contributed by atoms with Crippen molar-refractivity contribution >= 4 is 102 Å². The van der Waals surface area contributed by atoms with Crippen molar-refractivity contribution in [2.45, 2.75) is 0 Å². The maximum absolute atomic E-state index is 7.39. The van der Waals surface area contributed by atoms with Crippen LogP contribution in [0.4, 0.5) is 34.1 Å². The third-order valence-electron chi connectivity index (χ3n) is 14.4. The van der Waals surface area contributed by atoms with Gasteiger partial charge in [-0.15, -0.1) is 0 Å². The summed E-state index contributed by atoms with van der Waals surface area (Å²) in [7, 11) is 0. The van der Waals surface area contributed by atoms with Crippen LogP contribution in [0.25, 0.3) is 21.5 Å². The van der Waals surface area contributed by atoms with Crippen molar-refractivity contribution in [1.29, 1.82) is 0 Å². The molecule has 4 aliphatic heterocycles. The average molecular weight is 897 g/mol. The van der Waals surface area contributed by atoms with Gasteiger partial charge in [-0.3, -0.25) is 0 Å². The molecule has 0 bridgehead atoms. The predicted octanol–water partition coefficient (Wildman–Crippen LogP) is 12.4. The number of rotatable bonds is 6. The van der Waals surface area contributed by atoms with E-state index in [0.717, 1.165) is 118 Å². The summed E-state index contributed by atoms with van der Waals surface area (Å²) < 4.78 is 27.1. The Balaban J connectivity index is 0.999. The number of anilines is 6. The fourth-order valence-electron chi connectivity index (χ4n) is 11.5. The Morgan fingerprint density at radius 3 is 1.60 bits per heavy atom. The summed E-state index contributed by atoms with van der Waals surface area (Å²) in [5, 5.41) is 4.16. The van der Waals surface area contributed by atoms with E-state index >= 15 is 0 Å². The van der Waals surface area contributed by atoms with E-state index in [1.54, 1.807) is 0 Å². The molecule has 0 spiro atoms. The zero-order valence-electron chi connectivity index (χ0n) is 37.6. The van der Waals surface area contributed by atoms with E-state index in [-0.39, 0.29) is 13.4 Å². The van der Waals surface area contributed by atoms with E-state index < -0.39 is 0 Å². The molecule has 0 saturated heterocycles. The van der Waals surface area contributed by atoms with Crippen molar-refractivity contribution in [2.75, 3.05) is 9.80 Å². The third kappa shape index (κ3) is 5.90. The van der Waals surface area contributed by atoms with Gasteiger partial charge in [-0.1, -0.05) is 115 Å². The highest BCUT2D eigenvalue weighted by molar-refractivity contribution is 7.02. The average Bonchev–Trinajstić information content (AvgIpc) is 3.41. The molecule has 4 heterocycles. The van der Waals surface area contributed by atoms with E-state index in [2.05, 4.69) is 174 Å². The van der Waals surface area contributed by atoms with Gasteiger partial charge in [0.05, 0.1) is 5.69 Å². The topological polar surface area (TPSA) is 43.4 Å². The number of para-hydroxylation sites is 6. The van der Waals surface area contributed by atoms with Crippen LogP contribution in [0.5, 0.6) is 46.0 Å². The summed E-state index contributed by atoms with van der Waals surface area (Å²) in [4.78, 5) is 4.92. The van der Waals surface area contributed by atoms with Gasteiger partial charge < -0.3 is 28.7 Å². The number of nitrogens with zero attached hydrogens (tertiary/aromatic N) is 2. The summed E-state index contributed by atoms with van der Waals surface area (Å²) >= 11 is 0. The molecule has 0 atom stereocenters. The van der Waals surface area contributed by atoms with E-state index in [1.807, 2.05) is 66.7 Å². The Labute approximate surface area is 405 Å². The molecule has 0 amide bonds. The minimum absolute atomic E-state index is 0.123. The van der Waals surface area contributed by atoms with Gasteiger partial charge in [0.15, 0.2) is 0 Å². The molecular weight excluding hydrogens is 858 g/mol. The van der Waals surface area contributed by atoms with E-state index in [0.29, 0.717) is 0 Å². The molecule has 0 N–H and O–H groups in total. The van der Waals surface area contributed by atoms with Gasteiger partial charge in [-0.25, -0.2) is 0 Å². The molecule has 0 unspecified atom stereocenters. The summed E-state index contributed by atoms with van der Waals surface area (Å²) in [6, 6.07) is 80.9. The smallest absolute Gasteiger partial charge is 0.260 e. The van der Waals surface area contributed by atoms with Crippen molar-refractivity contribution < 1.29 is 18.9 Å². The van der Waals surface area contributed by atoms with Gasteiger partial charge in [-0.2, -0.15) is 0 Å². The first-order valence-electron chi connectivity index (χ1n) is 23.8. The van der Waals surface area contributed by atoms with Crippen LogP contribution in [0.3, 0.4) is 0 Å². The summed E-state index contributed by atoms with van der Waals surface area (Å²) in [6.45, 7) is -0.277. The highest BCUT2D eigenvalue weighted by Gasteiger charge is 2.47. The lowest BCUT2D eigenvalue weighted by molar-refractivity contribution is 0.468. The molecule has 4 aliphatic rings. The van der Waals surface area contributed by atoms with Crippen LogP contribution < -0.4 is 61.5 Å². The second-order valence-electron chi connectivity index (χ2n) is 18.3. The molecule has 6 nitrogen and oxygen atoms in total. The molecule has 0 aliphatic carbocycles. The Morgan fingerprint density at radius 1 is 0.329 bits per heavy atom. The van der Waals surface area contributed by atoms with Crippen molar-refractivity contribution in [3.8, 4) is 46.0 Å². The third-order valence-corrected chi connectivity index (χ3v) is 14.4. The summed E-state index contributed by atoms with van der Waals surface area (Å²) in [5.74, 6) is 6.33. The lowest BCUT2D eigenvalue weighted by atomic mass is 9.30. The fraction of sp³-hybridized carbons (Fsp3) is 0. The molecule has 0 radical (unpaired) electrons. The lowest BCUT2D eigenvalue weighted by Crippen LogP contribution is -2.64. The molecule has 8 heteroatoms. The number of ether oxygens (including phenoxy) is 4. The fourth-order valence-corrected chi connectivity index (χ4v) is 11.5. The lowest BCUT2D eigenvalue weighted by Gasteiger charge is -2.45. The van der Waals surface area contributed by atoms with Crippen LogP contribution in [-0.2, 0) is 0 Å². The molecule has 0 fully saturated rings. The monoisotopic (exact) mass is 896 g/mol. The normalized spacial score (nSPS) is 13.3. The predicted molar refractivity (Wildman–Crippen MR) is 286 cm³/mol. The zero-order valence-corrected chi connectivity index (χ0v) is 37.6. The Hall–Kier alpha value is -9.13. The maximum atomic E-state index is 7.39. The van der Waals surface area contributed by atoms with Gasteiger partial charge in [0.25, 0.3) is 13.4 Å². The first kappa shape index (κ1) is 38.9. The first-order valence-corrected chi connectivity index (χ1v) is 23.8. The van der Waals surface area contributed by atoms with Gasteiger partial charge in [0.1, 0.15) is 46.0 Å². The van der Waals surface area contributed by atoms with E-state index in [9.17, 15) is 0 Å². The second kappa shape index (κ2) is 15.2. The van der Waals surface area contributed by atoms with Crippen LogP contribution in [-0.4, -0.2) is 13.4 Å². The SMILES string of the molecule is c1ccc(Oc2ccc3c4c5c(cc3c2)Oc2ccccc2B5c2cc3c(cc2O4)N(c2ccccc2)c2c4c(cc5cc(Oc6ccccc6)ccc25)N(c2ccccc2)c2ccccc2B34)cc1. The summed E-state index contributed by atoms with van der Waals surface area (Å²) in [6.07, 6.45) is 0. The van der Waals surface area contributed by atoms with Gasteiger partial charge >= 0.3 is 0 Å². The highest BCUT2D eigenvalue weighted by atomic mass is 16.5. The quantitative estimate of drug-likeness (QED) is 0.155. The minimum atomic E-state index is -0.154. The van der Waals surface area contributed by atoms with Crippen LogP contribution >= 0.6 is 0 Å². The summed E-state index contributed by atoms with van der Waals surface area (Å²) in [5.41, 5.74) is 13.6. The first-order chi connectivity index (χ1) is 34.7. The molecule has 0 aromatic heterocycles. The van der Waals surface area contributed by atoms with E-state index in [1.165, 1.54) is 16.4 Å². The Morgan fingerprint density at radius 2 is 0.900 bits per heavy atom. The molecule has 15 rings (SSSR count). The van der Waals surface area contributed by atoms with Gasteiger partial charge in [0.2, 0.25) is 0 Å². The van der Waals surface area contributed by atoms with Crippen LogP contribution in [0.15, 0.2) is 231 Å². The van der Waals surface area contributed by atoms with Crippen LogP contribution in [0, 0.1) is 0 Å². The molecule has 326 valence electrons. The molecule has 70 heavy (non-hydrogen) atoms. The Kier molecular flexibility index (Phi) is 8.45. The highest BCUT2D eigenvalue weighted by Crippen LogP contribution is 2.49. The van der Waals surface area contributed by atoms with Crippen LogP contribution in [0.1, 0.15) is 0 Å². The minimum Gasteiger partial charge on any atom is -0.458 e. The largest absolute Gasteiger partial charge is 0.458 e. The molecule has 0 saturated carbocycles. The standard InChI is InChI=1S/C62H38B2N2O4/c1-5-17-41(18-6-1)65-53-27-15-13-25-49(53)63-51-37-52-57(70-62-48-32-30-46(68-44-23-11-4-12-24-44)34-40(48)36-58-60(62)64(52)50-26-14-16-28-56(50)69-58)38-54(51)66(42-19-7-2-8-20-42)61-47-31-29-45(67-43-21-9-3-10-22-43)33-39(47)35-55(65)59(61)63/h1-38H. The molecule has 11 aromatic carbocycles. The van der Waals surface area contributed by atoms with Gasteiger partial charge in [0, 0.05) is 50.7 Å². The molecular formula is C62H38B2N2O4. The second-order valence-corrected chi connectivity index (χ2v) is 18.3. The van der Waals surface area contributed by atoms with Crippen molar-refractivity contribution in [1.82, 2.24) is 0 Å². The van der Waals surface area contributed by atoms with E-state index in [4.69, 9.17) is 18.9 Å². The number of hydrogen-bond acceptors (Lipinski definition) is 6. The maximum Gasteiger partial charge on any atom is 0.260 e. The van der Waals surface area contributed by atoms with Crippen molar-refractivity contribution in [3.63, 3.8) is 0 Å². The zero-order chi connectivity index (χ0) is 45.9. The number of fused-ring (bicyclic) bond motifs is 12. The van der Waals surface area contributed by atoms with Crippen molar-refractivity contribution in [3.05, 3.63) is 231 Å². The van der Waals surface area contributed by atoms with Crippen molar-refractivity contribution in [2.24, 2.45) is 0 Å². The number of hydrogen-bond donors (Lipinski definition) is 0.